The molecule has 0 bridgehead atoms. The number of carbonyl (C=O) groups excluding carboxylic acids is 2. The Balaban J connectivity index is 0.000000663. The van der Waals surface area contributed by atoms with Gasteiger partial charge in [-0.2, -0.15) is 0 Å². The quantitative estimate of drug-likeness (QED) is 0.101. The van der Waals surface area contributed by atoms with Gasteiger partial charge in [-0.15, -0.1) is 11.8 Å². The van der Waals surface area contributed by atoms with Gasteiger partial charge in [0.1, 0.15) is 11.5 Å². The van der Waals surface area contributed by atoms with Crippen molar-refractivity contribution in [3.63, 3.8) is 0 Å². The molecule has 0 aliphatic rings. The number of unbranched alkanes of at least 4 members (excludes halogenated alkanes) is 1. The van der Waals surface area contributed by atoms with Crippen molar-refractivity contribution in [2.75, 3.05) is 13.7 Å². The molecule has 5 rings (SSSR count). The minimum atomic E-state index is -0.875. The second kappa shape index (κ2) is 30.3. The molecule has 304 valence electrons. The largest absolute Gasteiger partial charge is 0.497 e. The Hall–Kier alpha value is -5.93. The summed E-state index contributed by atoms with van der Waals surface area (Å²) in [5, 5.41) is 8.48. The number of rotatable bonds is 7. The maximum atomic E-state index is 11.1. The van der Waals surface area contributed by atoms with E-state index in [0.29, 0.717) is 24.2 Å². The number of hydrogen-bond acceptors (Lipinski definition) is 5. The maximum absolute atomic E-state index is 11.1. The third kappa shape index (κ3) is 25.7. The highest BCUT2D eigenvalue weighted by Crippen LogP contribution is 2.11. The summed E-state index contributed by atoms with van der Waals surface area (Å²) < 4.78 is 9.82. The van der Waals surface area contributed by atoms with Crippen molar-refractivity contribution in [2.45, 2.75) is 95.4 Å². The van der Waals surface area contributed by atoms with Crippen molar-refractivity contribution in [1.29, 1.82) is 0 Å². The van der Waals surface area contributed by atoms with E-state index in [1.54, 1.807) is 57.4 Å². The van der Waals surface area contributed by atoms with E-state index < -0.39 is 5.97 Å². The minimum absolute atomic E-state index is 0.252. The molecule has 5 aromatic carbocycles. The molecule has 0 heterocycles. The van der Waals surface area contributed by atoms with E-state index in [1.165, 1.54) is 33.4 Å². The molecule has 0 spiro atoms. The van der Waals surface area contributed by atoms with Crippen LogP contribution in [0.4, 0.5) is 0 Å². The predicted molar refractivity (Wildman–Crippen MR) is 238 cm³/mol. The lowest BCUT2D eigenvalue weighted by Gasteiger charge is -2.00. The number of Topliss-reactive ketones (excluding diaryl/α,β-unsaturated/α-hetero) is 1. The number of ketones is 1. The molecule has 0 atom stereocenters. The fourth-order valence-corrected chi connectivity index (χ4v) is 4.45. The summed E-state index contributed by atoms with van der Waals surface area (Å²) in [5.74, 6) is 5.74. The number of aryl methyl sites for hydroxylation is 8. The van der Waals surface area contributed by atoms with Gasteiger partial charge in [-0.3, -0.25) is 0 Å². The SMILES string of the molecule is CC#CCCCC(C)=O.CCOC(=O)c1ccc(C)cc1.COc1cccc(C)c1.Cc1ccc(C(=O)O)cc1.Cc1ccc(C)c(C)c1.Cc1ccccc1C. The van der Waals surface area contributed by atoms with Crippen molar-refractivity contribution in [3.05, 3.63) is 171 Å². The fourth-order valence-electron chi connectivity index (χ4n) is 4.45. The van der Waals surface area contributed by atoms with Gasteiger partial charge in [-0.05, 0) is 147 Å². The van der Waals surface area contributed by atoms with Gasteiger partial charge in [0.25, 0.3) is 0 Å². The molecule has 0 aromatic heterocycles. The van der Waals surface area contributed by atoms with Crippen LogP contribution in [0.15, 0.2) is 115 Å². The van der Waals surface area contributed by atoms with Crippen molar-refractivity contribution < 1.29 is 29.0 Å². The lowest BCUT2D eigenvalue weighted by Crippen LogP contribution is -2.03. The fraction of sp³-hybridized carbons (Fsp3) is 0.314. The molecule has 5 aromatic rings. The highest BCUT2D eigenvalue weighted by atomic mass is 16.5. The van der Waals surface area contributed by atoms with E-state index in [9.17, 15) is 14.4 Å². The van der Waals surface area contributed by atoms with Crippen LogP contribution in [-0.2, 0) is 9.53 Å². The minimum Gasteiger partial charge on any atom is -0.497 e. The number of ether oxygens (including phenoxy) is 2. The first-order valence-electron chi connectivity index (χ1n) is 19.1. The van der Waals surface area contributed by atoms with Crippen molar-refractivity contribution in [2.24, 2.45) is 0 Å². The predicted octanol–water partition coefficient (Wildman–Crippen LogP) is 12.6. The van der Waals surface area contributed by atoms with Crippen LogP contribution in [-0.4, -0.2) is 36.5 Å². The summed E-state index contributed by atoms with van der Waals surface area (Å²) in [5.41, 5.74) is 11.2. The lowest BCUT2D eigenvalue weighted by molar-refractivity contribution is -0.117. The zero-order valence-electron chi connectivity index (χ0n) is 36.3. The maximum Gasteiger partial charge on any atom is 0.338 e. The van der Waals surface area contributed by atoms with Gasteiger partial charge < -0.3 is 19.4 Å². The number of benzene rings is 5. The second-order valence-electron chi connectivity index (χ2n) is 13.4. The topological polar surface area (TPSA) is 89.9 Å². The highest BCUT2D eigenvalue weighted by Gasteiger charge is 2.04. The van der Waals surface area contributed by atoms with Crippen LogP contribution in [0.5, 0.6) is 5.75 Å². The first-order valence-corrected chi connectivity index (χ1v) is 19.1. The summed E-state index contributed by atoms with van der Waals surface area (Å²) >= 11 is 0. The number of carboxylic acid groups (broad SMARTS) is 1. The summed E-state index contributed by atoms with van der Waals surface area (Å²) in [6.45, 7) is 22.2. The summed E-state index contributed by atoms with van der Waals surface area (Å²) in [6.07, 6.45) is 2.45. The van der Waals surface area contributed by atoms with E-state index in [-0.39, 0.29) is 11.8 Å². The summed E-state index contributed by atoms with van der Waals surface area (Å²) in [7, 11) is 1.68. The second-order valence-corrected chi connectivity index (χ2v) is 13.4. The Kier molecular flexibility index (Phi) is 27.2. The molecule has 6 nitrogen and oxygen atoms in total. The van der Waals surface area contributed by atoms with Crippen LogP contribution >= 0.6 is 0 Å². The number of carboxylic acids is 1. The van der Waals surface area contributed by atoms with E-state index in [4.69, 9.17) is 14.6 Å². The molecular formula is C51H64O6. The molecule has 0 aliphatic carbocycles. The van der Waals surface area contributed by atoms with E-state index in [2.05, 4.69) is 88.9 Å². The van der Waals surface area contributed by atoms with Crippen LogP contribution < -0.4 is 4.74 Å². The van der Waals surface area contributed by atoms with E-state index in [1.807, 2.05) is 64.1 Å². The first-order chi connectivity index (χ1) is 27.0. The molecule has 0 saturated heterocycles. The van der Waals surface area contributed by atoms with Crippen LogP contribution in [0.3, 0.4) is 0 Å². The number of methoxy groups -OCH3 is 1. The zero-order chi connectivity index (χ0) is 43.2. The van der Waals surface area contributed by atoms with Crippen molar-refractivity contribution >= 4 is 17.7 Å². The molecular weight excluding hydrogens is 709 g/mol. The van der Waals surface area contributed by atoms with Gasteiger partial charge in [0.05, 0.1) is 24.8 Å². The third-order valence-corrected chi connectivity index (χ3v) is 8.18. The standard InChI is InChI=1S/C10H12O2.C9H12.C8H8O2.C8H10O.C8H12O.C8H10/c1-3-12-10(11)9-6-4-8(2)5-7-9;1-7-4-5-8(2)9(3)6-7;1-6-2-4-7(5-3-6)8(9)10;1-7-4-3-5-8(6-7)9-2;1-3-4-5-6-7-8(2)9;1-7-5-3-4-6-8(7)2/h4-7H,3H2,1-2H3;4-6H,1-3H3;2-5H,1H3,(H,9,10);3-6H,1-2H3;5-7H2,1-2H3;3-6H,1-2H3. The van der Waals surface area contributed by atoms with Gasteiger partial charge in [0.2, 0.25) is 0 Å². The lowest BCUT2D eigenvalue weighted by atomic mass is 10.1. The van der Waals surface area contributed by atoms with Gasteiger partial charge in [-0.25, -0.2) is 9.59 Å². The number of aromatic carboxylic acids is 1. The Bertz CT molecular complexity index is 1940. The highest BCUT2D eigenvalue weighted by molar-refractivity contribution is 5.89. The number of hydrogen-bond donors (Lipinski definition) is 1. The molecule has 6 heteroatoms. The van der Waals surface area contributed by atoms with Gasteiger partial charge in [-0.1, -0.05) is 95.6 Å². The van der Waals surface area contributed by atoms with Crippen LogP contribution in [0, 0.1) is 67.2 Å². The van der Waals surface area contributed by atoms with Gasteiger partial charge in [0.15, 0.2) is 0 Å². The van der Waals surface area contributed by atoms with Crippen molar-refractivity contribution in [3.8, 4) is 17.6 Å². The van der Waals surface area contributed by atoms with Crippen LogP contribution in [0.2, 0.25) is 0 Å². The molecule has 0 amide bonds. The molecule has 1 N–H and O–H groups in total. The van der Waals surface area contributed by atoms with E-state index in [0.717, 1.165) is 29.7 Å². The monoisotopic (exact) mass is 772 g/mol. The van der Waals surface area contributed by atoms with E-state index >= 15 is 0 Å². The third-order valence-electron chi connectivity index (χ3n) is 8.18. The van der Waals surface area contributed by atoms with Gasteiger partial charge in [0, 0.05) is 12.8 Å². The zero-order valence-corrected chi connectivity index (χ0v) is 36.3. The summed E-state index contributed by atoms with van der Waals surface area (Å²) in [6, 6.07) is 36.9. The Morgan fingerprint density at radius 2 is 1.09 bits per heavy atom. The van der Waals surface area contributed by atoms with Gasteiger partial charge >= 0.3 is 11.9 Å². The Labute approximate surface area is 343 Å². The molecule has 0 fully saturated rings. The van der Waals surface area contributed by atoms with Crippen LogP contribution in [0.1, 0.15) is 105 Å². The Morgan fingerprint density at radius 3 is 1.47 bits per heavy atom. The molecule has 0 radical (unpaired) electrons. The normalized spacial score (nSPS) is 9.12. The molecule has 0 aliphatic heterocycles. The number of esters is 1. The average molecular weight is 773 g/mol. The molecule has 57 heavy (non-hydrogen) atoms. The first kappa shape index (κ1) is 51.1. The average Bonchev–Trinajstić information content (AvgIpc) is 3.18. The van der Waals surface area contributed by atoms with Crippen LogP contribution in [0.25, 0.3) is 0 Å². The number of carbonyl (C=O) groups is 3. The van der Waals surface area contributed by atoms with Crippen molar-refractivity contribution in [1.82, 2.24) is 0 Å². The Morgan fingerprint density at radius 1 is 0.596 bits per heavy atom. The summed E-state index contributed by atoms with van der Waals surface area (Å²) in [4.78, 5) is 31.8. The smallest absolute Gasteiger partial charge is 0.338 e. The molecule has 0 saturated carbocycles. The molecule has 0 unspecified atom stereocenters.